The van der Waals surface area contributed by atoms with Crippen molar-refractivity contribution in [2.45, 2.75) is 0 Å². The summed E-state index contributed by atoms with van der Waals surface area (Å²) in [6, 6.07) is 94.7. The molecule has 0 N–H and O–H groups in total. The lowest BCUT2D eigenvalue weighted by Crippen LogP contribution is -2.06. The third kappa shape index (κ3) is 7.93. The molecule has 0 aliphatic heterocycles. The fourth-order valence-corrected chi connectivity index (χ4v) is 13.0. The predicted octanol–water partition coefficient (Wildman–Crippen LogP) is 19.4. The smallest absolute Gasteiger partial charge is 0.161 e. The number of hydrogen-bond donors (Lipinski definition) is 0. The number of aromatic nitrogens is 7. The first-order valence-electron chi connectivity index (χ1n) is 28.2. The number of hydrogen-bond acceptors (Lipinski definition) is 7. The lowest BCUT2D eigenvalue weighted by Gasteiger charge is -2.27. The van der Waals surface area contributed by atoms with Crippen LogP contribution in [-0.2, 0) is 0 Å². The second kappa shape index (κ2) is 20.3. The zero-order valence-electron chi connectivity index (χ0n) is 45.3. The van der Waals surface area contributed by atoms with Crippen LogP contribution < -0.4 is 0 Å². The zero-order chi connectivity index (χ0) is 55.5. The Morgan fingerprint density at radius 1 is 0.226 bits per heavy atom. The van der Waals surface area contributed by atoms with Gasteiger partial charge in [0.05, 0.1) is 22.6 Å². The number of rotatable bonds is 9. The van der Waals surface area contributed by atoms with E-state index in [4.69, 9.17) is 35.3 Å². The molecule has 0 atom stereocenters. The molecule has 390 valence electrons. The maximum atomic E-state index is 5.78. The lowest BCUT2D eigenvalue weighted by molar-refractivity contribution is 0.875. The molecule has 7 nitrogen and oxygen atoms in total. The number of pyridine rings is 2. The van der Waals surface area contributed by atoms with Crippen LogP contribution in [0.4, 0.5) is 0 Å². The maximum Gasteiger partial charge on any atom is 0.161 e. The quantitative estimate of drug-likeness (QED) is 0.133. The van der Waals surface area contributed by atoms with Gasteiger partial charge in [0.25, 0.3) is 0 Å². The molecule has 0 aliphatic carbocycles. The number of fused-ring (bicyclic) bond motifs is 12. The fourth-order valence-electron chi connectivity index (χ4n) is 13.0. The highest BCUT2D eigenvalue weighted by molar-refractivity contribution is 6.32. The average molecular weight is 1070 g/mol. The average Bonchev–Trinajstić information content (AvgIpc) is 0.858. The van der Waals surface area contributed by atoms with Gasteiger partial charge in [-0.15, -0.1) is 10.2 Å². The summed E-state index contributed by atoms with van der Waals surface area (Å²) >= 11 is 0. The van der Waals surface area contributed by atoms with Gasteiger partial charge in [0.2, 0.25) is 0 Å². The Bertz CT molecular complexity index is 5160. The molecule has 0 saturated heterocycles. The van der Waals surface area contributed by atoms with Crippen LogP contribution in [0.3, 0.4) is 0 Å². The summed E-state index contributed by atoms with van der Waals surface area (Å²) in [5.41, 5.74) is 14.4. The molecule has 0 radical (unpaired) electrons. The SMILES string of the molecule is c1ccc(-c2ccnc(-c3c(-c4cccc5c6ccccc6c6ccccc6c45)c(-c4ccccc4-c4ccccc4)cc(-c4nnnc(-c5ccccn5)c4-c4ccccn4)c3-c3cccc4c5ccccc5c5ccccc5c34)n2)cc1. The minimum absolute atomic E-state index is 0.539. The molecule has 0 aliphatic rings. The van der Waals surface area contributed by atoms with Gasteiger partial charge in [-0.3, -0.25) is 9.97 Å². The van der Waals surface area contributed by atoms with Crippen LogP contribution in [-0.4, -0.2) is 35.3 Å². The van der Waals surface area contributed by atoms with Crippen LogP contribution in [0.5, 0.6) is 0 Å². The maximum absolute atomic E-state index is 5.78. The van der Waals surface area contributed by atoms with Gasteiger partial charge in [-0.2, -0.15) is 0 Å². The van der Waals surface area contributed by atoms with E-state index in [0.29, 0.717) is 34.2 Å². The third-order valence-corrected chi connectivity index (χ3v) is 16.5. The van der Waals surface area contributed by atoms with Crippen LogP contribution in [0.1, 0.15) is 0 Å². The Morgan fingerprint density at radius 3 is 1.20 bits per heavy atom. The molecule has 84 heavy (non-hydrogen) atoms. The van der Waals surface area contributed by atoms with Crippen LogP contribution in [0, 0.1) is 0 Å². The molecule has 16 rings (SSSR count). The first kappa shape index (κ1) is 48.5. The largest absolute Gasteiger partial charge is 0.256 e. The first-order valence-corrected chi connectivity index (χ1v) is 28.2. The molecule has 16 aromatic rings. The van der Waals surface area contributed by atoms with E-state index in [-0.39, 0.29) is 0 Å². The Hall–Kier alpha value is -11.4. The predicted molar refractivity (Wildman–Crippen MR) is 345 cm³/mol. The normalized spacial score (nSPS) is 11.6. The molecule has 0 unspecified atom stereocenters. The fraction of sp³-hybridized carbons (Fsp3) is 0. The van der Waals surface area contributed by atoms with Crippen molar-refractivity contribution in [1.29, 1.82) is 0 Å². The van der Waals surface area contributed by atoms with Crippen LogP contribution in [0.2, 0.25) is 0 Å². The number of benzene rings is 12. The molecular weight excluding hydrogens is 1020 g/mol. The zero-order valence-corrected chi connectivity index (χ0v) is 45.3. The van der Waals surface area contributed by atoms with Crippen molar-refractivity contribution in [2.75, 3.05) is 0 Å². The van der Waals surface area contributed by atoms with Crippen molar-refractivity contribution in [3.63, 3.8) is 0 Å². The summed E-state index contributed by atoms with van der Waals surface area (Å²) in [5.74, 6) is 0.539. The summed E-state index contributed by atoms with van der Waals surface area (Å²) in [6.45, 7) is 0. The van der Waals surface area contributed by atoms with E-state index in [1.165, 1.54) is 21.5 Å². The minimum atomic E-state index is 0.539. The highest BCUT2D eigenvalue weighted by Gasteiger charge is 2.32. The Morgan fingerprint density at radius 2 is 0.655 bits per heavy atom. The third-order valence-electron chi connectivity index (χ3n) is 16.5. The molecule has 0 saturated carbocycles. The molecule has 0 bridgehead atoms. The van der Waals surface area contributed by atoms with Crippen molar-refractivity contribution in [2.24, 2.45) is 0 Å². The Balaban J connectivity index is 1.20. The summed E-state index contributed by atoms with van der Waals surface area (Å²) in [6.07, 6.45) is 5.51. The minimum Gasteiger partial charge on any atom is -0.256 e. The molecule has 0 fully saturated rings. The van der Waals surface area contributed by atoms with Crippen LogP contribution in [0.15, 0.2) is 286 Å². The van der Waals surface area contributed by atoms with Crippen molar-refractivity contribution >= 4 is 64.6 Å². The van der Waals surface area contributed by atoms with E-state index in [1.807, 2.05) is 60.9 Å². The second-order valence-electron chi connectivity index (χ2n) is 21.1. The van der Waals surface area contributed by atoms with Crippen molar-refractivity contribution in [3.05, 3.63) is 286 Å². The number of nitrogens with zero attached hydrogens (tertiary/aromatic N) is 7. The van der Waals surface area contributed by atoms with Gasteiger partial charge in [-0.25, -0.2) is 9.97 Å². The second-order valence-corrected chi connectivity index (χ2v) is 21.1. The molecule has 7 heteroatoms. The summed E-state index contributed by atoms with van der Waals surface area (Å²) in [4.78, 5) is 21.3. The standard InChI is InChI=1S/C77H47N7/c1-3-23-48(24-4-1)50-27-7-8-28-51(50)64-47-65(75-73(67-41-17-19-44-78-67)76(83-84-82-75)68-42-18-20-45-79-68)72(63-40-22-38-61-57-32-12-10-30-53(57)55-34-14-16-36-59(55)70(61)63)74(77-80-46-43-66(81-77)49-25-5-2-6-26-49)71(64)62-39-21-37-60-56-31-11-9-29-52(56)54-33-13-15-35-58(54)69(60)62/h1-47H. The van der Waals surface area contributed by atoms with E-state index in [1.54, 1.807) is 6.20 Å². The molecule has 12 aromatic carbocycles. The van der Waals surface area contributed by atoms with Crippen LogP contribution in [0.25, 0.3) is 166 Å². The van der Waals surface area contributed by atoms with Gasteiger partial charge in [-0.1, -0.05) is 231 Å². The summed E-state index contributed by atoms with van der Waals surface area (Å²) in [5, 5.41) is 28.6. The Kier molecular flexibility index (Phi) is 11.7. The van der Waals surface area contributed by atoms with E-state index in [2.05, 4.69) is 218 Å². The highest BCUT2D eigenvalue weighted by Crippen LogP contribution is 2.56. The van der Waals surface area contributed by atoms with Crippen molar-refractivity contribution < 1.29 is 0 Å². The molecule has 0 amide bonds. The van der Waals surface area contributed by atoms with Gasteiger partial charge in [0, 0.05) is 46.4 Å². The van der Waals surface area contributed by atoms with Gasteiger partial charge in [0.1, 0.15) is 11.4 Å². The van der Waals surface area contributed by atoms with Crippen molar-refractivity contribution in [1.82, 2.24) is 35.3 Å². The topological polar surface area (TPSA) is 90.2 Å². The first-order chi connectivity index (χ1) is 41.7. The molecular formula is C77H47N7. The van der Waals surface area contributed by atoms with Crippen molar-refractivity contribution in [3.8, 4) is 101 Å². The highest BCUT2D eigenvalue weighted by atomic mass is 15.3. The van der Waals surface area contributed by atoms with E-state index >= 15 is 0 Å². The van der Waals surface area contributed by atoms with Gasteiger partial charge in [0.15, 0.2) is 5.82 Å². The van der Waals surface area contributed by atoms with Gasteiger partial charge >= 0.3 is 0 Å². The Labute approximate surface area is 484 Å². The molecule has 0 spiro atoms. The van der Waals surface area contributed by atoms with E-state index in [0.717, 1.165) is 110 Å². The van der Waals surface area contributed by atoms with E-state index < -0.39 is 0 Å². The summed E-state index contributed by atoms with van der Waals surface area (Å²) < 4.78 is 0. The summed E-state index contributed by atoms with van der Waals surface area (Å²) in [7, 11) is 0. The van der Waals surface area contributed by atoms with Gasteiger partial charge in [-0.05, 0) is 140 Å². The molecule has 4 heterocycles. The monoisotopic (exact) mass is 1070 g/mol. The van der Waals surface area contributed by atoms with Gasteiger partial charge < -0.3 is 0 Å². The lowest BCUT2D eigenvalue weighted by atomic mass is 9.77. The van der Waals surface area contributed by atoms with Crippen LogP contribution >= 0.6 is 0 Å². The van der Waals surface area contributed by atoms with E-state index in [9.17, 15) is 0 Å². The molecule has 4 aromatic heterocycles.